The number of alkyl halides is 3. The van der Waals surface area contributed by atoms with Crippen molar-refractivity contribution in [1.29, 1.82) is 0 Å². The molecule has 0 radical (unpaired) electrons. The minimum absolute atomic E-state index is 0. The Hall–Kier alpha value is -0.420. The van der Waals surface area contributed by atoms with Crippen LogP contribution in [0.5, 0.6) is 0 Å². The SMILES string of the molecule is C[C@H]1CCCN1c1nc(N2C[C@@H]3[C@H](C2)[C@@H]3[SH](C)(=O)[O-])cc(C(F)(F)F)n1.[Na+]. The van der Waals surface area contributed by atoms with Crippen LogP contribution in [0.25, 0.3) is 0 Å². The molecule has 1 aliphatic carbocycles. The number of hydrogen-bond acceptors (Lipinski definition) is 6. The Balaban J connectivity index is 0.00000210. The standard InChI is InChI=1S/C16H23F3N4O2S.Na/c1-9-4-3-5-23(9)15-20-12(16(17,18)19)6-13(21-15)22-7-10-11(8-22)14(10)26(2,24)25;/h6,9-11,14,26H,3-5,7-8H2,1-2H3,(H,24,25);/q;+1/p-1/t9-,10-,11+,14-;/m0./s1. The maximum Gasteiger partial charge on any atom is 1.00 e. The molecular formula is C16H22F3N4NaO2S. The van der Waals surface area contributed by atoms with Gasteiger partial charge in [0.1, 0.15) is 5.82 Å². The molecule has 146 valence electrons. The number of piperidine rings is 1. The quantitative estimate of drug-likeness (QED) is 0.490. The van der Waals surface area contributed by atoms with E-state index in [2.05, 4.69) is 9.97 Å². The zero-order valence-corrected chi connectivity index (χ0v) is 18.5. The maximum absolute atomic E-state index is 13.3. The van der Waals surface area contributed by atoms with E-state index in [0.29, 0.717) is 19.6 Å². The van der Waals surface area contributed by atoms with E-state index in [-0.39, 0.29) is 64.5 Å². The molecule has 11 heteroatoms. The fourth-order valence-electron chi connectivity index (χ4n) is 4.47. The second kappa shape index (κ2) is 7.12. The Morgan fingerprint density at radius 1 is 1.26 bits per heavy atom. The van der Waals surface area contributed by atoms with Gasteiger partial charge in [-0.3, -0.25) is 0 Å². The molecule has 0 unspecified atom stereocenters. The van der Waals surface area contributed by atoms with Gasteiger partial charge in [0.2, 0.25) is 5.95 Å². The Bertz CT molecular complexity index is 763. The van der Waals surface area contributed by atoms with E-state index < -0.39 is 22.1 Å². The van der Waals surface area contributed by atoms with Gasteiger partial charge in [-0.15, -0.1) is 0 Å². The van der Waals surface area contributed by atoms with Crippen molar-refractivity contribution < 1.29 is 51.5 Å². The molecule has 2 aliphatic heterocycles. The van der Waals surface area contributed by atoms with Crippen LogP contribution >= 0.6 is 0 Å². The summed E-state index contributed by atoms with van der Waals surface area (Å²) >= 11 is 0. The van der Waals surface area contributed by atoms with E-state index in [0.717, 1.165) is 18.9 Å². The summed E-state index contributed by atoms with van der Waals surface area (Å²) < 4.78 is 63.4. The number of thiol groups is 1. The first-order valence-electron chi connectivity index (χ1n) is 8.82. The molecule has 2 saturated heterocycles. The van der Waals surface area contributed by atoms with Gasteiger partial charge in [0, 0.05) is 37.0 Å². The Kier molecular flexibility index (Phi) is 5.62. The van der Waals surface area contributed by atoms with Crippen molar-refractivity contribution in [3.8, 4) is 0 Å². The molecule has 0 aromatic carbocycles. The summed E-state index contributed by atoms with van der Waals surface area (Å²) in [4.78, 5) is 11.7. The van der Waals surface area contributed by atoms with Crippen LogP contribution in [0.1, 0.15) is 25.5 Å². The third kappa shape index (κ3) is 4.01. The summed E-state index contributed by atoms with van der Waals surface area (Å²) in [5, 5.41) is -0.333. The van der Waals surface area contributed by atoms with Gasteiger partial charge in [0.15, 0.2) is 5.69 Å². The summed E-state index contributed by atoms with van der Waals surface area (Å²) in [6.07, 6.45) is -1.49. The second-order valence-corrected chi connectivity index (χ2v) is 10.1. The topological polar surface area (TPSA) is 72.4 Å². The number of fused-ring (bicyclic) bond motifs is 1. The van der Waals surface area contributed by atoms with Crippen LogP contribution in [0.3, 0.4) is 0 Å². The van der Waals surface area contributed by atoms with Crippen LogP contribution in [0, 0.1) is 11.8 Å². The van der Waals surface area contributed by atoms with Gasteiger partial charge < -0.3 is 24.6 Å². The second-order valence-electron chi connectivity index (χ2n) is 7.73. The van der Waals surface area contributed by atoms with Crippen molar-refractivity contribution in [1.82, 2.24) is 9.97 Å². The molecule has 1 aromatic rings. The number of sulfone groups is 1. The molecule has 0 N–H and O–H groups in total. The van der Waals surface area contributed by atoms with Crippen molar-refractivity contribution in [3.05, 3.63) is 11.8 Å². The summed E-state index contributed by atoms with van der Waals surface area (Å²) in [7, 11) is -3.39. The van der Waals surface area contributed by atoms with Crippen LogP contribution in [0.15, 0.2) is 6.07 Å². The number of hydrogen-bond donors (Lipinski definition) is 1. The van der Waals surface area contributed by atoms with E-state index in [1.807, 2.05) is 11.8 Å². The number of rotatable bonds is 3. The summed E-state index contributed by atoms with van der Waals surface area (Å²) in [5.41, 5.74) is -0.946. The van der Waals surface area contributed by atoms with Crippen molar-refractivity contribution in [2.75, 3.05) is 35.7 Å². The summed E-state index contributed by atoms with van der Waals surface area (Å²) in [5.74, 6) is 0.356. The average molecular weight is 414 g/mol. The summed E-state index contributed by atoms with van der Waals surface area (Å²) in [6, 6.07) is 1.08. The van der Waals surface area contributed by atoms with Crippen LogP contribution in [0.2, 0.25) is 0 Å². The molecular weight excluding hydrogens is 392 g/mol. The third-order valence-corrected chi connectivity index (χ3v) is 7.66. The number of anilines is 2. The molecule has 1 saturated carbocycles. The molecule has 1 aromatic heterocycles. The molecule has 0 spiro atoms. The maximum atomic E-state index is 13.3. The van der Waals surface area contributed by atoms with E-state index >= 15 is 0 Å². The van der Waals surface area contributed by atoms with Gasteiger partial charge in [-0.25, -0.2) is 9.19 Å². The zero-order valence-electron chi connectivity index (χ0n) is 15.6. The molecule has 27 heavy (non-hydrogen) atoms. The van der Waals surface area contributed by atoms with Crippen molar-refractivity contribution >= 4 is 22.0 Å². The van der Waals surface area contributed by atoms with Crippen molar-refractivity contribution in [3.63, 3.8) is 0 Å². The molecule has 0 bridgehead atoms. The minimum atomic E-state index is -4.55. The van der Waals surface area contributed by atoms with Crippen LogP contribution in [-0.4, -0.2) is 55.9 Å². The normalized spacial score (nSPS) is 30.9. The number of nitrogens with zero attached hydrogens (tertiary/aromatic N) is 4. The first-order chi connectivity index (χ1) is 12.1. The molecule has 4 atom stereocenters. The molecule has 3 heterocycles. The van der Waals surface area contributed by atoms with Gasteiger partial charge in [-0.1, -0.05) is 0 Å². The van der Waals surface area contributed by atoms with Crippen LogP contribution < -0.4 is 39.4 Å². The fraction of sp³-hybridized carbons (Fsp3) is 0.750. The fourth-order valence-corrected chi connectivity index (χ4v) is 6.39. The van der Waals surface area contributed by atoms with Crippen LogP contribution in [0.4, 0.5) is 24.9 Å². The average Bonchev–Trinajstić information content (AvgIpc) is 2.88. The largest absolute Gasteiger partial charge is 1.00 e. The molecule has 3 fully saturated rings. The van der Waals surface area contributed by atoms with Gasteiger partial charge >= 0.3 is 35.7 Å². The molecule has 4 rings (SSSR count). The predicted octanol–water partition coefficient (Wildman–Crippen LogP) is -1.30. The van der Waals surface area contributed by atoms with Gasteiger partial charge in [0.05, 0.1) is 0 Å². The smallest absolute Gasteiger partial charge is 0.771 e. The van der Waals surface area contributed by atoms with Gasteiger partial charge in [0.25, 0.3) is 0 Å². The van der Waals surface area contributed by atoms with Gasteiger partial charge in [-0.2, -0.15) is 18.2 Å². The van der Waals surface area contributed by atoms with Gasteiger partial charge in [-0.05, 0) is 37.9 Å². The van der Waals surface area contributed by atoms with E-state index in [1.54, 1.807) is 4.90 Å². The Labute approximate surface area is 179 Å². The number of halogens is 3. The molecule has 0 amide bonds. The van der Waals surface area contributed by atoms with E-state index in [4.69, 9.17) is 0 Å². The number of aromatic nitrogens is 2. The van der Waals surface area contributed by atoms with Crippen molar-refractivity contribution in [2.45, 2.75) is 37.2 Å². The zero-order chi connectivity index (χ0) is 18.9. The third-order valence-electron chi connectivity index (χ3n) is 5.82. The Morgan fingerprint density at radius 3 is 2.37 bits per heavy atom. The monoisotopic (exact) mass is 414 g/mol. The van der Waals surface area contributed by atoms with Crippen molar-refractivity contribution in [2.24, 2.45) is 11.8 Å². The molecule has 3 aliphatic rings. The molecule has 6 nitrogen and oxygen atoms in total. The van der Waals surface area contributed by atoms with E-state index in [9.17, 15) is 21.9 Å². The first kappa shape index (κ1) is 21.3. The minimum Gasteiger partial charge on any atom is -0.771 e. The van der Waals surface area contributed by atoms with E-state index in [1.165, 1.54) is 6.26 Å². The summed E-state index contributed by atoms with van der Waals surface area (Å²) in [6.45, 7) is 3.46. The van der Waals surface area contributed by atoms with Crippen LogP contribution in [-0.2, 0) is 16.4 Å². The first-order valence-corrected chi connectivity index (χ1v) is 11.0. The Morgan fingerprint density at radius 2 is 1.89 bits per heavy atom. The predicted molar refractivity (Wildman–Crippen MR) is 92.3 cm³/mol.